The number of carbonyl (C=O) groups is 1. The zero-order valence-electron chi connectivity index (χ0n) is 8.10. The van der Waals surface area contributed by atoms with Gasteiger partial charge in [0.1, 0.15) is 11.6 Å². The number of nitrogens with two attached hydrogens (primary N) is 1. The Morgan fingerprint density at radius 1 is 1.40 bits per heavy atom. The van der Waals surface area contributed by atoms with Crippen LogP contribution in [0.2, 0.25) is 0 Å². The summed E-state index contributed by atoms with van der Waals surface area (Å²) < 4.78 is 26.2. The molecule has 0 saturated carbocycles. The van der Waals surface area contributed by atoms with Crippen LogP contribution in [-0.4, -0.2) is 12.3 Å². The first-order valence-corrected chi connectivity index (χ1v) is 4.25. The second-order valence-electron chi connectivity index (χ2n) is 2.87. The molecule has 0 aliphatic carbocycles. The molecule has 0 aliphatic rings. The minimum Gasteiger partial charge on any atom is -0.320 e. The molecule has 1 aromatic carbocycles. The summed E-state index contributed by atoms with van der Waals surface area (Å²) >= 11 is 0. The molecule has 0 aromatic heterocycles. The van der Waals surface area contributed by atoms with Gasteiger partial charge in [-0.05, 0) is 13.0 Å². The van der Waals surface area contributed by atoms with Crippen molar-refractivity contribution in [2.45, 2.75) is 6.92 Å². The van der Waals surface area contributed by atoms with Crippen LogP contribution < -0.4 is 5.73 Å². The lowest BCUT2D eigenvalue weighted by Crippen LogP contribution is -2.00. The van der Waals surface area contributed by atoms with Crippen molar-refractivity contribution in [3.05, 3.63) is 34.9 Å². The predicted octanol–water partition coefficient (Wildman–Crippen LogP) is 1.48. The normalized spacial score (nSPS) is 9.33. The van der Waals surface area contributed by atoms with Gasteiger partial charge in [-0.3, -0.25) is 4.79 Å². The maximum Gasteiger partial charge on any atom is 0.162 e. The molecule has 0 amide bonds. The fourth-order valence-electron chi connectivity index (χ4n) is 1.06. The average Bonchev–Trinajstić information content (AvgIpc) is 2.16. The molecule has 1 aromatic rings. The zero-order chi connectivity index (χ0) is 11.4. The Balaban J connectivity index is 3.29. The Bertz CT molecular complexity index is 458. The molecule has 0 unspecified atom stereocenters. The minimum absolute atomic E-state index is 0.0212. The molecule has 0 aliphatic heterocycles. The predicted molar refractivity (Wildman–Crippen MR) is 52.3 cm³/mol. The minimum atomic E-state index is -0.877. The summed E-state index contributed by atoms with van der Waals surface area (Å²) in [4.78, 5) is 11.0. The number of rotatable bonds is 1. The lowest BCUT2D eigenvalue weighted by Gasteiger charge is -2.00. The monoisotopic (exact) mass is 209 g/mol. The third-order valence-corrected chi connectivity index (χ3v) is 1.76. The zero-order valence-corrected chi connectivity index (χ0v) is 8.10. The summed E-state index contributed by atoms with van der Waals surface area (Å²) in [5, 5.41) is 0. The van der Waals surface area contributed by atoms with E-state index in [1.165, 1.54) is 6.92 Å². The highest BCUT2D eigenvalue weighted by Gasteiger charge is 2.11. The lowest BCUT2D eigenvalue weighted by atomic mass is 10.1. The standard InChI is InChI=1S/C11H9F2NO/c1-7(15)9-5-8(3-2-4-14)10(12)6-11(9)13/h5-6H,4,14H2,1H3. The summed E-state index contributed by atoms with van der Waals surface area (Å²) in [6, 6.07) is 1.74. The molecular formula is C11H9F2NO. The molecule has 2 N–H and O–H groups in total. The number of halogens is 2. The lowest BCUT2D eigenvalue weighted by molar-refractivity contribution is 0.101. The SMILES string of the molecule is CC(=O)c1cc(C#CCN)c(F)cc1F. The van der Waals surface area contributed by atoms with Gasteiger partial charge in [-0.25, -0.2) is 8.78 Å². The van der Waals surface area contributed by atoms with Gasteiger partial charge in [-0.15, -0.1) is 0 Å². The Kier molecular flexibility index (Phi) is 3.53. The van der Waals surface area contributed by atoms with E-state index in [1.807, 2.05) is 0 Å². The van der Waals surface area contributed by atoms with Crippen LogP contribution in [-0.2, 0) is 0 Å². The van der Waals surface area contributed by atoms with Gasteiger partial charge < -0.3 is 5.73 Å². The topological polar surface area (TPSA) is 43.1 Å². The largest absolute Gasteiger partial charge is 0.320 e. The van der Waals surface area contributed by atoms with Crippen LogP contribution in [0, 0.1) is 23.5 Å². The van der Waals surface area contributed by atoms with Gasteiger partial charge in [-0.2, -0.15) is 0 Å². The molecule has 0 fully saturated rings. The molecule has 1 rings (SSSR count). The van der Waals surface area contributed by atoms with Crippen molar-refractivity contribution in [3.63, 3.8) is 0 Å². The quantitative estimate of drug-likeness (QED) is 0.562. The van der Waals surface area contributed by atoms with E-state index in [9.17, 15) is 13.6 Å². The van der Waals surface area contributed by atoms with E-state index in [-0.39, 0.29) is 17.7 Å². The van der Waals surface area contributed by atoms with Gasteiger partial charge >= 0.3 is 0 Å². The fourth-order valence-corrected chi connectivity index (χ4v) is 1.06. The van der Waals surface area contributed by atoms with Crippen molar-refractivity contribution >= 4 is 5.78 Å². The number of ketones is 1. The molecule has 0 atom stereocenters. The van der Waals surface area contributed by atoms with Crippen LogP contribution in [0.4, 0.5) is 8.78 Å². The average molecular weight is 209 g/mol. The number of benzene rings is 1. The van der Waals surface area contributed by atoms with Crippen molar-refractivity contribution in [2.75, 3.05) is 6.54 Å². The fraction of sp³-hybridized carbons (Fsp3) is 0.182. The van der Waals surface area contributed by atoms with Crippen LogP contribution in [0.25, 0.3) is 0 Å². The van der Waals surface area contributed by atoms with Crippen LogP contribution in [0.1, 0.15) is 22.8 Å². The summed E-state index contributed by atoms with van der Waals surface area (Å²) in [5.74, 6) is 2.72. The van der Waals surface area contributed by atoms with E-state index in [4.69, 9.17) is 5.73 Å². The summed E-state index contributed by atoms with van der Waals surface area (Å²) in [7, 11) is 0. The van der Waals surface area contributed by atoms with Crippen LogP contribution >= 0.6 is 0 Å². The van der Waals surface area contributed by atoms with Gasteiger partial charge in [0.25, 0.3) is 0 Å². The Morgan fingerprint density at radius 2 is 2.07 bits per heavy atom. The maximum atomic E-state index is 13.1. The smallest absolute Gasteiger partial charge is 0.162 e. The number of carbonyl (C=O) groups excluding carboxylic acids is 1. The first-order chi connectivity index (χ1) is 7.06. The molecule has 2 nitrogen and oxygen atoms in total. The molecule has 0 bridgehead atoms. The molecule has 0 saturated heterocycles. The second kappa shape index (κ2) is 4.67. The second-order valence-corrected chi connectivity index (χ2v) is 2.87. The number of Topliss-reactive ketones (excluding diaryl/α,β-unsaturated/α-hetero) is 1. The Labute approximate surface area is 86.1 Å². The molecule has 78 valence electrons. The summed E-state index contributed by atoms with van der Waals surface area (Å²) in [6.45, 7) is 1.28. The number of hydrogen-bond donors (Lipinski definition) is 1. The van der Waals surface area contributed by atoms with E-state index in [1.54, 1.807) is 0 Å². The van der Waals surface area contributed by atoms with Crippen molar-refractivity contribution in [3.8, 4) is 11.8 Å². The molecule has 0 heterocycles. The van der Waals surface area contributed by atoms with Crippen molar-refractivity contribution < 1.29 is 13.6 Å². The van der Waals surface area contributed by atoms with E-state index in [0.717, 1.165) is 6.07 Å². The van der Waals surface area contributed by atoms with Crippen LogP contribution in [0.15, 0.2) is 12.1 Å². The third-order valence-electron chi connectivity index (χ3n) is 1.76. The highest BCUT2D eigenvalue weighted by molar-refractivity contribution is 5.94. The van der Waals surface area contributed by atoms with Gasteiger partial charge in [0.05, 0.1) is 17.7 Å². The van der Waals surface area contributed by atoms with Crippen molar-refractivity contribution in [1.29, 1.82) is 0 Å². The molecule has 0 spiro atoms. The van der Waals surface area contributed by atoms with E-state index >= 15 is 0 Å². The van der Waals surface area contributed by atoms with Crippen molar-refractivity contribution in [1.82, 2.24) is 0 Å². The molecule has 15 heavy (non-hydrogen) atoms. The highest BCUT2D eigenvalue weighted by atomic mass is 19.1. The highest BCUT2D eigenvalue weighted by Crippen LogP contribution is 2.14. The van der Waals surface area contributed by atoms with Gasteiger partial charge in [-0.1, -0.05) is 11.8 Å². The Hall–Kier alpha value is -1.73. The van der Waals surface area contributed by atoms with E-state index in [2.05, 4.69) is 11.8 Å². The van der Waals surface area contributed by atoms with Crippen molar-refractivity contribution in [2.24, 2.45) is 5.73 Å². The van der Waals surface area contributed by atoms with Gasteiger partial charge in [0, 0.05) is 6.07 Å². The first-order valence-electron chi connectivity index (χ1n) is 4.25. The Morgan fingerprint density at radius 3 is 2.60 bits per heavy atom. The van der Waals surface area contributed by atoms with Crippen LogP contribution in [0.3, 0.4) is 0 Å². The third kappa shape index (κ3) is 2.61. The van der Waals surface area contributed by atoms with Gasteiger partial charge in [0.2, 0.25) is 0 Å². The first kappa shape index (κ1) is 11.3. The van der Waals surface area contributed by atoms with E-state index in [0.29, 0.717) is 6.07 Å². The molecule has 0 radical (unpaired) electrons. The maximum absolute atomic E-state index is 13.1. The molecule has 4 heteroatoms. The summed E-state index contributed by atoms with van der Waals surface area (Å²) in [5.41, 5.74) is 4.93. The van der Waals surface area contributed by atoms with Gasteiger partial charge in [0.15, 0.2) is 5.78 Å². The van der Waals surface area contributed by atoms with Crippen LogP contribution in [0.5, 0.6) is 0 Å². The van der Waals surface area contributed by atoms with E-state index < -0.39 is 17.4 Å². The number of hydrogen-bond acceptors (Lipinski definition) is 2. The molecular weight excluding hydrogens is 200 g/mol. The summed E-state index contributed by atoms with van der Waals surface area (Å²) in [6.07, 6.45) is 0.